The molecule has 0 aliphatic carbocycles. The number of hydrogen-bond acceptors (Lipinski definition) is 8. The van der Waals surface area contributed by atoms with Crippen molar-refractivity contribution in [3.05, 3.63) is 35.5 Å². The van der Waals surface area contributed by atoms with Crippen molar-refractivity contribution < 1.29 is 33.3 Å². The number of anilines is 1. The fraction of sp³-hybridized carbons (Fsp3) is 0.389. The van der Waals surface area contributed by atoms with Gasteiger partial charge in [-0.3, -0.25) is 4.79 Å². The summed E-state index contributed by atoms with van der Waals surface area (Å²) >= 11 is 0. The highest BCUT2D eigenvalue weighted by Crippen LogP contribution is 2.29. The first-order valence-corrected chi connectivity index (χ1v) is 8.20. The average molecular weight is 378 g/mol. The van der Waals surface area contributed by atoms with Crippen LogP contribution in [0.4, 0.5) is 5.69 Å². The molecule has 27 heavy (non-hydrogen) atoms. The van der Waals surface area contributed by atoms with Crippen LogP contribution >= 0.6 is 0 Å². The second kappa shape index (κ2) is 9.58. The standard InChI is InChI=1S/C18H22N2O7/c1-12(21)19-7-8-27-14-6-4-5-13(9-14)20-11-26-10-15(17(22)24-2)16(20)18(23)25-3/h4-6,9H,7-8,10-11H2,1-3H3,(H,19,21). The van der Waals surface area contributed by atoms with E-state index >= 15 is 0 Å². The number of hydrogen-bond donors (Lipinski definition) is 1. The highest BCUT2D eigenvalue weighted by atomic mass is 16.5. The van der Waals surface area contributed by atoms with Crippen molar-refractivity contribution in [3.63, 3.8) is 0 Å². The highest BCUT2D eigenvalue weighted by Gasteiger charge is 2.32. The van der Waals surface area contributed by atoms with E-state index in [1.807, 2.05) is 0 Å². The Bertz CT molecular complexity index is 745. The van der Waals surface area contributed by atoms with Crippen LogP contribution < -0.4 is 15.0 Å². The molecule has 0 saturated carbocycles. The number of benzene rings is 1. The van der Waals surface area contributed by atoms with Gasteiger partial charge in [0.25, 0.3) is 0 Å². The van der Waals surface area contributed by atoms with Gasteiger partial charge in [0.2, 0.25) is 5.91 Å². The predicted molar refractivity (Wildman–Crippen MR) is 95.0 cm³/mol. The maximum absolute atomic E-state index is 12.3. The van der Waals surface area contributed by atoms with Crippen molar-refractivity contribution in [2.45, 2.75) is 6.92 Å². The number of amides is 1. The third kappa shape index (κ3) is 5.20. The number of nitrogens with zero attached hydrogens (tertiary/aromatic N) is 1. The molecule has 0 aromatic heterocycles. The Kier molecular flexibility index (Phi) is 7.18. The van der Waals surface area contributed by atoms with Gasteiger partial charge in [-0.2, -0.15) is 0 Å². The van der Waals surface area contributed by atoms with Crippen LogP contribution in [0.25, 0.3) is 0 Å². The predicted octanol–water partition coefficient (Wildman–Crippen LogP) is 0.596. The van der Waals surface area contributed by atoms with Crippen molar-refractivity contribution in [1.82, 2.24) is 5.32 Å². The number of ether oxygens (including phenoxy) is 4. The second-order valence-corrected chi connectivity index (χ2v) is 5.54. The lowest BCUT2D eigenvalue weighted by Crippen LogP contribution is -2.38. The summed E-state index contributed by atoms with van der Waals surface area (Å²) < 4.78 is 20.6. The number of nitrogens with one attached hydrogen (secondary N) is 1. The van der Waals surface area contributed by atoms with Crippen molar-refractivity contribution in [2.75, 3.05) is 45.6 Å². The fourth-order valence-corrected chi connectivity index (χ4v) is 2.48. The Morgan fingerprint density at radius 3 is 2.59 bits per heavy atom. The molecule has 2 rings (SSSR count). The number of esters is 2. The maximum atomic E-state index is 12.3. The molecule has 0 fully saturated rings. The molecule has 0 atom stereocenters. The fourth-order valence-electron chi connectivity index (χ4n) is 2.48. The Labute approximate surface area is 156 Å². The zero-order valence-electron chi connectivity index (χ0n) is 15.4. The quantitative estimate of drug-likeness (QED) is 0.543. The smallest absolute Gasteiger partial charge is 0.355 e. The Hall–Kier alpha value is -3.07. The topological polar surface area (TPSA) is 103 Å². The van der Waals surface area contributed by atoms with Crippen LogP contribution in [-0.4, -0.2) is 58.6 Å². The number of carbonyl (C=O) groups is 3. The van der Waals surface area contributed by atoms with E-state index in [2.05, 4.69) is 5.32 Å². The first-order chi connectivity index (χ1) is 13.0. The van der Waals surface area contributed by atoms with Crippen molar-refractivity contribution in [3.8, 4) is 5.75 Å². The Morgan fingerprint density at radius 1 is 1.19 bits per heavy atom. The molecular weight excluding hydrogens is 356 g/mol. The molecule has 9 nitrogen and oxygen atoms in total. The summed E-state index contributed by atoms with van der Waals surface area (Å²) in [7, 11) is 2.46. The Morgan fingerprint density at radius 2 is 1.93 bits per heavy atom. The normalized spacial score (nSPS) is 13.8. The van der Waals surface area contributed by atoms with Gasteiger partial charge < -0.3 is 29.2 Å². The molecule has 9 heteroatoms. The van der Waals surface area contributed by atoms with Gasteiger partial charge in [0.05, 0.1) is 32.9 Å². The van der Waals surface area contributed by atoms with Crippen molar-refractivity contribution in [2.24, 2.45) is 0 Å². The molecule has 1 aromatic carbocycles. The minimum absolute atomic E-state index is 0.0550. The molecule has 146 valence electrons. The Balaban J connectivity index is 2.26. The number of methoxy groups -OCH3 is 2. The molecule has 1 aromatic rings. The molecule has 1 aliphatic rings. The van der Waals surface area contributed by atoms with E-state index in [0.717, 1.165) is 0 Å². The number of carbonyl (C=O) groups excluding carboxylic acids is 3. The minimum Gasteiger partial charge on any atom is -0.492 e. The molecule has 1 aliphatic heterocycles. The summed E-state index contributed by atoms with van der Waals surface area (Å²) in [5.41, 5.74) is 0.715. The van der Waals surface area contributed by atoms with Crippen molar-refractivity contribution >= 4 is 23.5 Å². The third-order valence-electron chi connectivity index (χ3n) is 3.71. The van der Waals surface area contributed by atoms with Crippen LogP contribution in [0.5, 0.6) is 5.75 Å². The van der Waals surface area contributed by atoms with Crippen LogP contribution in [0, 0.1) is 0 Å². The van der Waals surface area contributed by atoms with Gasteiger partial charge in [-0.15, -0.1) is 0 Å². The molecule has 0 spiro atoms. The van der Waals surface area contributed by atoms with Gasteiger partial charge in [0, 0.05) is 18.7 Å². The maximum Gasteiger partial charge on any atom is 0.355 e. The van der Waals surface area contributed by atoms with Gasteiger partial charge in [-0.25, -0.2) is 9.59 Å². The summed E-state index contributed by atoms with van der Waals surface area (Å²) in [6.07, 6.45) is 0. The third-order valence-corrected chi connectivity index (χ3v) is 3.71. The summed E-state index contributed by atoms with van der Waals surface area (Å²) in [5, 5.41) is 2.63. The number of rotatable bonds is 7. The van der Waals surface area contributed by atoms with E-state index in [4.69, 9.17) is 18.9 Å². The largest absolute Gasteiger partial charge is 0.492 e. The van der Waals surface area contributed by atoms with Gasteiger partial charge in [0.1, 0.15) is 24.8 Å². The van der Waals surface area contributed by atoms with Gasteiger partial charge in [0.15, 0.2) is 0 Å². The lowest BCUT2D eigenvalue weighted by molar-refractivity contribution is -0.140. The lowest BCUT2D eigenvalue weighted by Gasteiger charge is -2.31. The van der Waals surface area contributed by atoms with Crippen LogP contribution in [0.1, 0.15) is 6.92 Å². The molecule has 0 radical (unpaired) electrons. The van der Waals surface area contributed by atoms with Crippen LogP contribution in [-0.2, 0) is 28.6 Å². The molecule has 1 amide bonds. The summed E-state index contributed by atoms with van der Waals surface area (Å²) in [6.45, 7) is 2.08. The first kappa shape index (κ1) is 20.2. The zero-order chi connectivity index (χ0) is 19.8. The average Bonchev–Trinajstić information content (AvgIpc) is 2.69. The van der Waals surface area contributed by atoms with E-state index in [0.29, 0.717) is 18.0 Å². The molecule has 0 bridgehead atoms. The molecule has 0 unspecified atom stereocenters. The van der Waals surface area contributed by atoms with E-state index < -0.39 is 11.9 Å². The SMILES string of the molecule is COC(=O)C1=C(C(=O)OC)N(c2cccc(OCCNC(C)=O)c2)COC1. The van der Waals surface area contributed by atoms with E-state index in [9.17, 15) is 14.4 Å². The van der Waals surface area contributed by atoms with Crippen molar-refractivity contribution in [1.29, 1.82) is 0 Å². The lowest BCUT2D eigenvalue weighted by atomic mass is 10.1. The van der Waals surface area contributed by atoms with E-state index in [1.165, 1.54) is 26.0 Å². The van der Waals surface area contributed by atoms with E-state index in [1.54, 1.807) is 24.3 Å². The minimum atomic E-state index is -0.671. The molecule has 0 saturated heterocycles. The van der Waals surface area contributed by atoms with Gasteiger partial charge >= 0.3 is 11.9 Å². The summed E-state index contributed by atoms with van der Waals surface area (Å²) in [4.78, 5) is 36.7. The summed E-state index contributed by atoms with van der Waals surface area (Å²) in [5.74, 6) is -0.938. The highest BCUT2D eigenvalue weighted by molar-refractivity contribution is 6.03. The summed E-state index contributed by atoms with van der Waals surface area (Å²) in [6, 6.07) is 6.92. The van der Waals surface area contributed by atoms with E-state index in [-0.39, 0.29) is 37.1 Å². The van der Waals surface area contributed by atoms with Crippen LogP contribution in [0.2, 0.25) is 0 Å². The first-order valence-electron chi connectivity index (χ1n) is 8.20. The zero-order valence-corrected chi connectivity index (χ0v) is 15.4. The molecule has 1 N–H and O–H groups in total. The second-order valence-electron chi connectivity index (χ2n) is 5.54. The van der Waals surface area contributed by atoms with Crippen LogP contribution in [0.15, 0.2) is 35.5 Å². The molecular formula is C18H22N2O7. The van der Waals surface area contributed by atoms with Gasteiger partial charge in [-0.05, 0) is 12.1 Å². The van der Waals surface area contributed by atoms with Gasteiger partial charge in [-0.1, -0.05) is 6.07 Å². The monoisotopic (exact) mass is 378 g/mol. The van der Waals surface area contributed by atoms with Crippen LogP contribution in [0.3, 0.4) is 0 Å². The molecule has 1 heterocycles.